The van der Waals surface area contributed by atoms with E-state index in [0.29, 0.717) is 5.88 Å². The van der Waals surface area contributed by atoms with E-state index in [2.05, 4.69) is 30.4 Å². The third-order valence-electron chi connectivity index (χ3n) is 1.64. The zero-order valence-electron chi connectivity index (χ0n) is 7.49. The Labute approximate surface area is 84.5 Å². The predicted molar refractivity (Wildman–Crippen MR) is 60.0 cm³/mol. The molecule has 0 radical (unpaired) electrons. The first kappa shape index (κ1) is 10.1. The summed E-state index contributed by atoms with van der Waals surface area (Å²) in [6.07, 6.45) is 9.20. The van der Waals surface area contributed by atoms with Crippen molar-refractivity contribution in [3.05, 3.63) is 54.1 Å². The highest BCUT2D eigenvalue weighted by molar-refractivity contribution is 6.18. The molecule has 0 fully saturated rings. The maximum absolute atomic E-state index is 5.49. The SMILES string of the molecule is ClCC=CCC=Cc1ccccc1. The van der Waals surface area contributed by atoms with Gasteiger partial charge in [-0.05, 0) is 12.0 Å². The summed E-state index contributed by atoms with van der Waals surface area (Å²) in [6, 6.07) is 10.3. The summed E-state index contributed by atoms with van der Waals surface area (Å²) >= 11 is 5.49. The van der Waals surface area contributed by atoms with E-state index in [1.165, 1.54) is 5.56 Å². The third-order valence-corrected chi connectivity index (χ3v) is 1.82. The number of alkyl halides is 1. The molecule has 13 heavy (non-hydrogen) atoms. The van der Waals surface area contributed by atoms with E-state index in [1.54, 1.807) is 0 Å². The fraction of sp³-hybridized carbons (Fsp3) is 0.167. The summed E-state index contributed by atoms with van der Waals surface area (Å²) in [5.41, 5.74) is 1.24. The van der Waals surface area contributed by atoms with Crippen molar-refractivity contribution in [3.8, 4) is 0 Å². The fourth-order valence-corrected chi connectivity index (χ4v) is 1.13. The number of benzene rings is 1. The summed E-state index contributed by atoms with van der Waals surface area (Å²) in [7, 11) is 0. The molecule has 0 aliphatic heterocycles. The molecule has 0 aliphatic carbocycles. The van der Waals surface area contributed by atoms with Gasteiger partial charge in [-0.15, -0.1) is 11.6 Å². The van der Waals surface area contributed by atoms with Crippen molar-refractivity contribution in [1.29, 1.82) is 0 Å². The van der Waals surface area contributed by atoms with E-state index in [9.17, 15) is 0 Å². The van der Waals surface area contributed by atoms with Gasteiger partial charge in [-0.25, -0.2) is 0 Å². The monoisotopic (exact) mass is 192 g/mol. The molecule has 1 rings (SSSR count). The van der Waals surface area contributed by atoms with Crippen molar-refractivity contribution >= 4 is 17.7 Å². The molecule has 0 atom stereocenters. The minimum Gasteiger partial charge on any atom is -0.122 e. The Kier molecular flexibility index (Phi) is 5.04. The van der Waals surface area contributed by atoms with Crippen molar-refractivity contribution in [2.45, 2.75) is 6.42 Å². The topological polar surface area (TPSA) is 0 Å². The van der Waals surface area contributed by atoms with Crippen LogP contribution in [0.3, 0.4) is 0 Å². The molecule has 0 heterocycles. The van der Waals surface area contributed by atoms with Crippen LogP contribution in [0.5, 0.6) is 0 Å². The van der Waals surface area contributed by atoms with Gasteiger partial charge in [-0.3, -0.25) is 0 Å². The van der Waals surface area contributed by atoms with Gasteiger partial charge in [0.1, 0.15) is 0 Å². The van der Waals surface area contributed by atoms with Crippen LogP contribution in [0.15, 0.2) is 48.6 Å². The Morgan fingerprint density at radius 3 is 2.46 bits per heavy atom. The molecular weight excluding hydrogens is 180 g/mol. The van der Waals surface area contributed by atoms with Crippen LogP contribution in [-0.4, -0.2) is 5.88 Å². The molecule has 0 N–H and O–H groups in total. The Morgan fingerprint density at radius 2 is 1.77 bits per heavy atom. The maximum Gasteiger partial charge on any atom is 0.0404 e. The number of hydrogen-bond acceptors (Lipinski definition) is 0. The smallest absolute Gasteiger partial charge is 0.0404 e. The maximum atomic E-state index is 5.49. The van der Waals surface area contributed by atoms with Crippen LogP contribution in [0, 0.1) is 0 Å². The van der Waals surface area contributed by atoms with Crippen LogP contribution in [0.4, 0.5) is 0 Å². The first-order valence-electron chi connectivity index (χ1n) is 4.36. The van der Waals surface area contributed by atoms with Crippen LogP contribution in [-0.2, 0) is 0 Å². The van der Waals surface area contributed by atoms with Gasteiger partial charge in [0.05, 0.1) is 0 Å². The number of rotatable bonds is 4. The Morgan fingerprint density at radius 1 is 1.00 bits per heavy atom. The lowest BCUT2D eigenvalue weighted by Gasteiger charge is -1.89. The van der Waals surface area contributed by atoms with Gasteiger partial charge in [-0.1, -0.05) is 54.6 Å². The molecule has 0 amide bonds. The lowest BCUT2D eigenvalue weighted by molar-refractivity contribution is 1.39. The van der Waals surface area contributed by atoms with Crippen molar-refractivity contribution in [2.24, 2.45) is 0 Å². The van der Waals surface area contributed by atoms with E-state index in [-0.39, 0.29) is 0 Å². The molecule has 0 bridgehead atoms. The highest BCUT2D eigenvalue weighted by atomic mass is 35.5. The van der Waals surface area contributed by atoms with Gasteiger partial charge in [0, 0.05) is 5.88 Å². The molecule has 68 valence electrons. The van der Waals surface area contributed by atoms with Gasteiger partial charge >= 0.3 is 0 Å². The van der Waals surface area contributed by atoms with Crippen molar-refractivity contribution in [3.63, 3.8) is 0 Å². The van der Waals surface area contributed by atoms with Crippen LogP contribution < -0.4 is 0 Å². The van der Waals surface area contributed by atoms with Crippen LogP contribution >= 0.6 is 11.6 Å². The molecule has 0 aromatic heterocycles. The van der Waals surface area contributed by atoms with Crippen molar-refractivity contribution in [1.82, 2.24) is 0 Å². The first-order chi connectivity index (χ1) is 6.43. The summed E-state index contributed by atoms with van der Waals surface area (Å²) in [5, 5.41) is 0. The predicted octanol–water partition coefficient (Wildman–Crippen LogP) is 3.88. The Hall–Kier alpha value is -1.01. The van der Waals surface area contributed by atoms with Gasteiger partial charge in [0.15, 0.2) is 0 Å². The molecule has 0 spiro atoms. The molecule has 0 saturated heterocycles. The van der Waals surface area contributed by atoms with Crippen molar-refractivity contribution < 1.29 is 0 Å². The Balaban J connectivity index is 2.37. The second kappa shape index (κ2) is 6.50. The average molecular weight is 193 g/mol. The molecule has 0 aliphatic rings. The third kappa shape index (κ3) is 4.54. The van der Waals surface area contributed by atoms with Gasteiger partial charge in [-0.2, -0.15) is 0 Å². The minimum atomic E-state index is 0.596. The van der Waals surface area contributed by atoms with Crippen LogP contribution in [0.1, 0.15) is 12.0 Å². The fourth-order valence-electron chi connectivity index (χ4n) is 1.01. The number of hydrogen-bond donors (Lipinski definition) is 0. The molecule has 0 nitrogen and oxygen atoms in total. The second-order valence-corrected chi connectivity index (χ2v) is 2.98. The van der Waals surface area contributed by atoms with Crippen molar-refractivity contribution in [2.75, 3.05) is 5.88 Å². The summed E-state index contributed by atoms with van der Waals surface area (Å²) in [5.74, 6) is 0.596. The standard InChI is InChI=1S/C12H13Cl/c13-11-7-2-1-4-8-12-9-5-3-6-10-12/h2-10H,1,11H2. The lowest BCUT2D eigenvalue weighted by atomic mass is 10.2. The summed E-state index contributed by atoms with van der Waals surface area (Å²) in [6.45, 7) is 0. The van der Waals surface area contributed by atoms with Crippen LogP contribution in [0.25, 0.3) is 6.08 Å². The van der Waals surface area contributed by atoms with E-state index in [1.807, 2.05) is 24.3 Å². The van der Waals surface area contributed by atoms with E-state index >= 15 is 0 Å². The van der Waals surface area contributed by atoms with Gasteiger partial charge in [0.25, 0.3) is 0 Å². The second-order valence-electron chi connectivity index (χ2n) is 2.67. The normalized spacial score (nSPS) is 11.5. The minimum absolute atomic E-state index is 0.596. The largest absolute Gasteiger partial charge is 0.122 e. The quantitative estimate of drug-likeness (QED) is 0.502. The summed E-state index contributed by atoms with van der Waals surface area (Å²) < 4.78 is 0. The highest BCUT2D eigenvalue weighted by Gasteiger charge is 1.80. The van der Waals surface area contributed by atoms with E-state index < -0.39 is 0 Å². The van der Waals surface area contributed by atoms with Gasteiger partial charge < -0.3 is 0 Å². The molecule has 1 aromatic carbocycles. The molecule has 0 saturated carbocycles. The van der Waals surface area contributed by atoms with E-state index in [4.69, 9.17) is 11.6 Å². The summed E-state index contributed by atoms with van der Waals surface area (Å²) in [4.78, 5) is 0. The van der Waals surface area contributed by atoms with Crippen LogP contribution in [0.2, 0.25) is 0 Å². The van der Waals surface area contributed by atoms with E-state index in [0.717, 1.165) is 6.42 Å². The average Bonchev–Trinajstić information content (AvgIpc) is 2.19. The zero-order valence-corrected chi connectivity index (χ0v) is 8.24. The molecule has 1 heteroatoms. The first-order valence-corrected chi connectivity index (χ1v) is 4.89. The lowest BCUT2D eigenvalue weighted by Crippen LogP contribution is -1.68. The number of halogens is 1. The molecular formula is C12H13Cl. The highest BCUT2D eigenvalue weighted by Crippen LogP contribution is 2.01. The van der Waals surface area contributed by atoms with Gasteiger partial charge in [0.2, 0.25) is 0 Å². The zero-order chi connectivity index (χ0) is 9.36. The number of allylic oxidation sites excluding steroid dienone is 3. The molecule has 0 unspecified atom stereocenters. The molecule has 1 aromatic rings. The Bertz CT molecular complexity index is 272.